The number of rotatable bonds is 3. The zero-order valence-corrected chi connectivity index (χ0v) is 12.8. The first-order chi connectivity index (χ1) is 10.2. The number of nitrogens with zero attached hydrogens (tertiary/aromatic N) is 2. The molecule has 0 aromatic heterocycles. The van der Waals surface area contributed by atoms with Gasteiger partial charge in [0.05, 0.1) is 0 Å². The monoisotopic (exact) mass is 293 g/mol. The van der Waals surface area contributed by atoms with Crippen molar-refractivity contribution in [1.29, 1.82) is 0 Å². The summed E-state index contributed by atoms with van der Waals surface area (Å²) in [6.45, 7) is 3.44. The first kappa shape index (κ1) is 14.8. The summed E-state index contributed by atoms with van der Waals surface area (Å²) in [6.07, 6.45) is 6.54. The summed E-state index contributed by atoms with van der Waals surface area (Å²) in [5.74, 6) is 1.35. The van der Waals surface area contributed by atoms with Gasteiger partial charge in [0.2, 0.25) is 11.8 Å². The van der Waals surface area contributed by atoms with E-state index in [0.29, 0.717) is 44.5 Å². The maximum atomic E-state index is 12.7. The molecule has 2 atom stereocenters. The van der Waals surface area contributed by atoms with Crippen molar-refractivity contribution in [3.8, 4) is 0 Å². The maximum Gasteiger partial charge on any atom is 0.226 e. The molecule has 0 bridgehead atoms. The quantitative estimate of drug-likeness (QED) is 0.838. The fourth-order valence-corrected chi connectivity index (χ4v) is 3.79. The van der Waals surface area contributed by atoms with Crippen molar-refractivity contribution in [2.75, 3.05) is 32.7 Å². The van der Waals surface area contributed by atoms with E-state index < -0.39 is 0 Å². The van der Waals surface area contributed by atoms with E-state index in [9.17, 15) is 9.59 Å². The molecule has 0 aromatic rings. The molecule has 2 amide bonds. The first-order valence-electron chi connectivity index (χ1n) is 8.48. The molecule has 3 fully saturated rings. The number of nitrogens with two attached hydrogens (primary N) is 1. The fourth-order valence-electron chi connectivity index (χ4n) is 3.79. The lowest BCUT2D eigenvalue weighted by atomic mass is 9.78. The van der Waals surface area contributed by atoms with Gasteiger partial charge in [-0.05, 0) is 38.1 Å². The van der Waals surface area contributed by atoms with Gasteiger partial charge < -0.3 is 15.5 Å². The van der Waals surface area contributed by atoms with E-state index in [1.807, 2.05) is 9.80 Å². The van der Waals surface area contributed by atoms with Crippen LogP contribution in [0.2, 0.25) is 0 Å². The molecule has 5 nitrogen and oxygen atoms in total. The lowest BCUT2D eigenvalue weighted by molar-refractivity contribution is -0.144. The van der Waals surface area contributed by atoms with E-state index in [0.717, 1.165) is 32.1 Å². The van der Waals surface area contributed by atoms with Gasteiger partial charge in [-0.25, -0.2) is 0 Å². The molecule has 5 heteroatoms. The smallest absolute Gasteiger partial charge is 0.226 e. The highest BCUT2D eigenvalue weighted by Crippen LogP contribution is 2.33. The number of carbonyl (C=O) groups excluding carboxylic acids is 2. The van der Waals surface area contributed by atoms with Crippen molar-refractivity contribution in [3.05, 3.63) is 0 Å². The number of hydrogen-bond acceptors (Lipinski definition) is 3. The summed E-state index contributed by atoms with van der Waals surface area (Å²) in [5.41, 5.74) is 5.84. The van der Waals surface area contributed by atoms with Crippen LogP contribution >= 0.6 is 0 Å². The summed E-state index contributed by atoms with van der Waals surface area (Å²) in [4.78, 5) is 28.7. The van der Waals surface area contributed by atoms with Crippen molar-refractivity contribution in [1.82, 2.24) is 9.80 Å². The van der Waals surface area contributed by atoms with Crippen molar-refractivity contribution < 1.29 is 9.59 Å². The van der Waals surface area contributed by atoms with E-state index in [4.69, 9.17) is 5.73 Å². The second kappa shape index (κ2) is 6.34. The Bertz CT molecular complexity index is 400. The lowest BCUT2D eigenvalue weighted by Crippen LogP contribution is -2.53. The van der Waals surface area contributed by atoms with Crippen LogP contribution in [0.15, 0.2) is 0 Å². The van der Waals surface area contributed by atoms with Gasteiger partial charge in [-0.15, -0.1) is 0 Å². The summed E-state index contributed by atoms with van der Waals surface area (Å²) < 4.78 is 0. The van der Waals surface area contributed by atoms with Crippen LogP contribution in [-0.4, -0.2) is 54.3 Å². The molecular formula is C16H27N3O2. The second-order valence-electron chi connectivity index (χ2n) is 6.81. The number of carbonyl (C=O) groups is 2. The highest BCUT2D eigenvalue weighted by molar-refractivity contribution is 5.82. The number of piperazine rings is 1. The standard InChI is InChI=1S/C16H27N3O2/c17-11-13-3-1-2-4-14(13)16(21)19-9-7-18(8-10-19)15(20)12-5-6-12/h12-14H,1-11,17H2. The molecule has 21 heavy (non-hydrogen) atoms. The normalized spacial score (nSPS) is 30.3. The van der Waals surface area contributed by atoms with Crippen LogP contribution in [-0.2, 0) is 9.59 Å². The van der Waals surface area contributed by atoms with Gasteiger partial charge >= 0.3 is 0 Å². The molecule has 1 saturated heterocycles. The third kappa shape index (κ3) is 3.23. The highest BCUT2D eigenvalue weighted by Gasteiger charge is 2.37. The zero-order chi connectivity index (χ0) is 14.8. The third-order valence-corrected chi connectivity index (χ3v) is 5.36. The topological polar surface area (TPSA) is 66.6 Å². The minimum atomic E-state index is 0.120. The Morgan fingerprint density at radius 3 is 2.00 bits per heavy atom. The van der Waals surface area contributed by atoms with Gasteiger partial charge in [-0.2, -0.15) is 0 Å². The van der Waals surface area contributed by atoms with Crippen LogP contribution in [0, 0.1) is 17.8 Å². The Morgan fingerprint density at radius 1 is 0.857 bits per heavy atom. The number of amides is 2. The Balaban J connectivity index is 1.53. The number of hydrogen-bond donors (Lipinski definition) is 1. The van der Waals surface area contributed by atoms with Crippen molar-refractivity contribution in [3.63, 3.8) is 0 Å². The lowest BCUT2D eigenvalue weighted by Gasteiger charge is -2.39. The second-order valence-corrected chi connectivity index (χ2v) is 6.81. The fraction of sp³-hybridized carbons (Fsp3) is 0.875. The van der Waals surface area contributed by atoms with Crippen molar-refractivity contribution >= 4 is 11.8 Å². The average molecular weight is 293 g/mol. The summed E-state index contributed by atoms with van der Waals surface area (Å²) in [6, 6.07) is 0. The van der Waals surface area contributed by atoms with Crippen LogP contribution in [0.3, 0.4) is 0 Å². The molecule has 0 spiro atoms. The molecule has 2 aliphatic carbocycles. The van der Waals surface area contributed by atoms with E-state index in [1.165, 1.54) is 6.42 Å². The molecule has 3 aliphatic rings. The Hall–Kier alpha value is -1.10. The molecule has 2 unspecified atom stereocenters. The van der Waals surface area contributed by atoms with E-state index in [1.54, 1.807) is 0 Å². The molecule has 2 N–H and O–H groups in total. The molecule has 118 valence electrons. The highest BCUT2D eigenvalue weighted by atomic mass is 16.2. The minimum absolute atomic E-state index is 0.120. The van der Waals surface area contributed by atoms with E-state index in [-0.39, 0.29) is 17.7 Å². The third-order valence-electron chi connectivity index (χ3n) is 5.36. The van der Waals surface area contributed by atoms with Crippen LogP contribution in [0.5, 0.6) is 0 Å². The van der Waals surface area contributed by atoms with Gasteiger partial charge in [0.15, 0.2) is 0 Å². The minimum Gasteiger partial charge on any atom is -0.339 e. The van der Waals surface area contributed by atoms with E-state index in [2.05, 4.69) is 0 Å². The maximum absolute atomic E-state index is 12.7. The SMILES string of the molecule is NCC1CCCCC1C(=O)N1CCN(C(=O)C2CC2)CC1. The van der Waals surface area contributed by atoms with Gasteiger partial charge in [0, 0.05) is 38.0 Å². The summed E-state index contributed by atoms with van der Waals surface area (Å²) in [7, 11) is 0. The predicted molar refractivity (Wildman–Crippen MR) is 80.4 cm³/mol. The Morgan fingerprint density at radius 2 is 1.43 bits per heavy atom. The average Bonchev–Trinajstić information content (AvgIpc) is 3.38. The first-order valence-corrected chi connectivity index (χ1v) is 8.48. The molecular weight excluding hydrogens is 266 g/mol. The van der Waals surface area contributed by atoms with E-state index >= 15 is 0 Å². The summed E-state index contributed by atoms with van der Waals surface area (Å²) >= 11 is 0. The van der Waals surface area contributed by atoms with Crippen LogP contribution in [0.1, 0.15) is 38.5 Å². The molecule has 2 saturated carbocycles. The largest absolute Gasteiger partial charge is 0.339 e. The molecule has 3 rings (SSSR count). The molecule has 1 aliphatic heterocycles. The van der Waals surface area contributed by atoms with Gasteiger partial charge in [0.1, 0.15) is 0 Å². The van der Waals surface area contributed by atoms with Crippen molar-refractivity contribution in [2.24, 2.45) is 23.5 Å². The van der Waals surface area contributed by atoms with Crippen LogP contribution in [0.25, 0.3) is 0 Å². The van der Waals surface area contributed by atoms with Crippen molar-refractivity contribution in [2.45, 2.75) is 38.5 Å². The Labute approximate surface area is 126 Å². The molecule has 0 aromatic carbocycles. The van der Waals surface area contributed by atoms with Gasteiger partial charge in [-0.3, -0.25) is 9.59 Å². The Kier molecular flexibility index (Phi) is 4.48. The molecule has 1 heterocycles. The van der Waals surface area contributed by atoms with Gasteiger partial charge in [-0.1, -0.05) is 12.8 Å². The summed E-state index contributed by atoms with van der Waals surface area (Å²) in [5, 5.41) is 0. The van der Waals surface area contributed by atoms with Gasteiger partial charge in [0.25, 0.3) is 0 Å². The van der Waals surface area contributed by atoms with Crippen LogP contribution in [0.4, 0.5) is 0 Å². The molecule has 0 radical (unpaired) electrons. The van der Waals surface area contributed by atoms with Crippen LogP contribution < -0.4 is 5.73 Å². The zero-order valence-electron chi connectivity index (χ0n) is 12.8. The predicted octanol–water partition coefficient (Wildman–Crippen LogP) is 0.832.